The number of fused-ring (bicyclic) bond motifs is 1. The van der Waals surface area contributed by atoms with Crippen LogP contribution in [0.25, 0.3) is 10.8 Å². The molecule has 1 aliphatic rings. The van der Waals surface area contributed by atoms with Gasteiger partial charge in [-0.2, -0.15) is 0 Å². The molecule has 3 rings (SSSR count). The van der Waals surface area contributed by atoms with E-state index in [2.05, 4.69) is 5.32 Å². The number of rotatable bonds is 3. The Kier molecular flexibility index (Phi) is 5.77. The fourth-order valence-electron chi connectivity index (χ4n) is 3.46. The number of nitrogens with zero attached hydrogens (tertiary/aromatic N) is 1. The van der Waals surface area contributed by atoms with Gasteiger partial charge in [-0.1, -0.05) is 12.1 Å². The molecule has 0 atom stereocenters. The molecular weight excluding hydrogens is 356 g/mol. The average molecular weight is 384 g/mol. The number of carbonyl (C=O) groups is 2. The van der Waals surface area contributed by atoms with Gasteiger partial charge in [0.05, 0.1) is 0 Å². The van der Waals surface area contributed by atoms with Crippen LogP contribution in [0.15, 0.2) is 36.4 Å². The predicted molar refractivity (Wildman–Crippen MR) is 108 cm³/mol. The molecule has 0 aromatic heterocycles. The van der Waals surface area contributed by atoms with E-state index < -0.39 is 11.7 Å². The van der Waals surface area contributed by atoms with Crippen LogP contribution in [0.5, 0.6) is 5.75 Å². The molecule has 0 spiro atoms. The quantitative estimate of drug-likeness (QED) is 0.841. The number of phenols is 1. The Bertz CT molecular complexity index is 864. The van der Waals surface area contributed by atoms with Crippen LogP contribution in [0, 0.1) is 5.92 Å². The number of piperidine rings is 1. The summed E-state index contributed by atoms with van der Waals surface area (Å²) in [6, 6.07) is 10.7. The van der Waals surface area contributed by atoms with Crippen molar-refractivity contribution >= 4 is 22.8 Å². The number of benzene rings is 2. The highest BCUT2D eigenvalue weighted by molar-refractivity contribution is 5.99. The first-order chi connectivity index (χ1) is 13.2. The van der Waals surface area contributed by atoms with Gasteiger partial charge >= 0.3 is 6.09 Å². The number of aromatic hydroxyl groups is 1. The van der Waals surface area contributed by atoms with E-state index in [1.165, 1.54) is 0 Å². The Morgan fingerprint density at radius 2 is 1.89 bits per heavy atom. The summed E-state index contributed by atoms with van der Waals surface area (Å²) in [4.78, 5) is 26.5. The zero-order chi connectivity index (χ0) is 20.3. The molecule has 0 unspecified atom stereocenters. The molecule has 2 amide bonds. The van der Waals surface area contributed by atoms with Gasteiger partial charge in [0.1, 0.15) is 11.4 Å². The maximum Gasteiger partial charge on any atom is 0.407 e. The van der Waals surface area contributed by atoms with Gasteiger partial charge in [0, 0.05) is 30.6 Å². The van der Waals surface area contributed by atoms with Crippen LogP contribution in [-0.4, -0.2) is 47.2 Å². The number of hydrogen-bond donors (Lipinski definition) is 2. The van der Waals surface area contributed by atoms with E-state index in [1.54, 1.807) is 24.3 Å². The zero-order valence-electron chi connectivity index (χ0n) is 16.7. The SMILES string of the molecule is CC(C)(C)OC(=O)NCC1CCN(C(=O)c2ccc3c(O)cccc3c2)CC1. The first-order valence-corrected chi connectivity index (χ1v) is 9.71. The molecule has 1 heterocycles. The topological polar surface area (TPSA) is 78.9 Å². The van der Waals surface area contributed by atoms with Crippen molar-refractivity contribution in [3.05, 3.63) is 42.0 Å². The smallest absolute Gasteiger partial charge is 0.407 e. The van der Waals surface area contributed by atoms with Crippen LogP contribution in [-0.2, 0) is 4.74 Å². The summed E-state index contributed by atoms with van der Waals surface area (Å²) in [5.74, 6) is 0.559. The molecule has 6 heteroatoms. The van der Waals surface area contributed by atoms with Crippen LogP contribution in [0.3, 0.4) is 0 Å². The van der Waals surface area contributed by atoms with Crippen LogP contribution in [0.1, 0.15) is 44.0 Å². The number of alkyl carbamates (subject to hydrolysis) is 1. The molecule has 1 fully saturated rings. The number of nitrogens with one attached hydrogen (secondary N) is 1. The molecule has 150 valence electrons. The molecule has 28 heavy (non-hydrogen) atoms. The number of amides is 2. The summed E-state index contributed by atoms with van der Waals surface area (Å²) >= 11 is 0. The van der Waals surface area contributed by atoms with Gasteiger partial charge in [0.15, 0.2) is 0 Å². The summed E-state index contributed by atoms with van der Waals surface area (Å²) in [6.45, 7) is 7.40. The predicted octanol–water partition coefficient (Wildman–Crippen LogP) is 3.92. The van der Waals surface area contributed by atoms with E-state index in [0.717, 1.165) is 23.6 Å². The van der Waals surface area contributed by atoms with Gasteiger partial charge in [0.25, 0.3) is 5.91 Å². The molecule has 0 saturated carbocycles. The monoisotopic (exact) mass is 384 g/mol. The van der Waals surface area contributed by atoms with Gasteiger partial charge in [-0.15, -0.1) is 0 Å². The largest absolute Gasteiger partial charge is 0.507 e. The number of ether oxygens (including phenoxy) is 1. The minimum Gasteiger partial charge on any atom is -0.507 e. The van der Waals surface area contributed by atoms with Gasteiger partial charge in [-0.25, -0.2) is 4.79 Å². The van der Waals surface area contributed by atoms with E-state index >= 15 is 0 Å². The van der Waals surface area contributed by atoms with Crippen molar-refractivity contribution in [2.45, 2.75) is 39.2 Å². The number of hydrogen-bond acceptors (Lipinski definition) is 4. The summed E-state index contributed by atoms with van der Waals surface area (Å²) in [6.07, 6.45) is 1.29. The highest BCUT2D eigenvalue weighted by atomic mass is 16.6. The number of carbonyl (C=O) groups excluding carboxylic acids is 2. The fraction of sp³-hybridized carbons (Fsp3) is 0.455. The van der Waals surface area contributed by atoms with Gasteiger partial charge < -0.3 is 20.1 Å². The fourth-order valence-corrected chi connectivity index (χ4v) is 3.46. The first-order valence-electron chi connectivity index (χ1n) is 9.71. The van der Waals surface area contributed by atoms with Crippen LogP contribution >= 0.6 is 0 Å². The molecule has 0 bridgehead atoms. The lowest BCUT2D eigenvalue weighted by Gasteiger charge is -2.32. The number of likely N-dealkylation sites (tertiary alicyclic amines) is 1. The van der Waals surface area contributed by atoms with E-state index in [9.17, 15) is 14.7 Å². The lowest BCUT2D eigenvalue weighted by Crippen LogP contribution is -2.42. The van der Waals surface area contributed by atoms with Crippen LogP contribution in [0.4, 0.5) is 4.79 Å². The summed E-state index contributed by atoms with van der Waals surface area (Å²) in [5, 5.41) is 14.3. The van der Waals surface area contributed by atoms with Gasteiger partial charge in [-0.05, 0) is 69.2 Å². The molecule has 2 aromatic rings. The zero-order valence-corrected chi connectivity index (χ0v) is 16.7. The van der Waals surface area contributed by atoms with E-state index in [1.807, 2.05) is 37.8 Å². The summed E-state index contributed by atoms with van der Waals surface area (Å²) in [7, 11) is 0. The third-order valence-electron chi connectivity index (χ3n) is 4.94. The van der Waals surface area contributed by atoms with E-state index in [0.29, 0.717) is 31.1 Å². The van der Waals surface area contributed by atoms with Crippen molar-refractivity contribution in [3.8, 4) is 5.75 Å². The highest BCUT2D eigenvalue weighted by Gasteiger charge is 2.25. The van der Waals surface area contributed by atoms with Crippen LogP contribution in [0.2, 0.25) is 0 Å². The summed E-state index contributed by atoms with van der Waals surface area (Å²) in [5.41, 5.74) is 0.125. The second kappa shape index (κ2) is 8.09. The minimum atomic E-state index is -0.503. The normalized spacial score (nSPS) is 15.5. The minimum absolute atomic E-state index is 0.00351. The average Bonchev–Trinajstić information content (AvgIpc) is 2.65. The number of phenolic OH excluding ortho intramolecular Hbond substituents is 1. The Labute approximate surface area is 165 Å². The molecule has 1 aliphatic heterocycles. The third kappa shape index (κ3) is 4.94. The second-order valence-electron chi connectivity index (χ2n) is 8.33. The summed E-state index contributed by atoms with van der Waals surface area (Å²) < 4.78 is 5.26. The first kappa shape index (κ1) is 20.0. The van der Waals surface area contributed by atoms with E-state index in [-0.39, 0.29) is 11.7 Å². The van der Waals surface area contributed by atoms with Crippen molar-refractivity contribution in [1.29, 1.82) is 0 Å². The van der Waals surface area contributed by atoms with Crippen molar-refractivity contribution in [3.63, 3.8) is 0 Å². The van der Waals surface area contributed by atoms with Crippen molar-refractivity contribution < 1.29 is 19.4 Å². The molecule has 1 saturated heterocycles. The molecular formula is C22H28N2O4. The standard InChI is InChI=1S/C22H28N2O4/c1-22(2,3)28-21(27)23-14-15-9-11-24(12-10-15)20(26)17-7-8-18-16(13-17)5-4-6-19(18)25/h4-8,13,15,25H,9-12,14H2,1-3H3,(H,23,27). The Morgan fingerprint density at radius 3 is 2.57 bits per heavy atom. The van der Waals surface area contributed by atoms with Crippen molar-refractivity contribution in [2.24, 2.45) is 5.92 Å². The Balaban J connectivity index is 1.53. The maximum atomic E-state index is 12.8. The molecule has 2 N–H and O–H groups in total. The lowest BCUT2D eigenvalue weighted by molar-refractivity contribution is 0.0500. The molecule has 0 radical (unpaired) electrons. The molecule has 0 aliphatic carbocycles. The van der Waals surface area contributed by atoms with Crippen LogP contribution < -0.4 is 5.32 Å². The van der Waals surface area contributed by atoms with Gasteiger partial charge in [0.2, 0.25) is 0 Å². The second-order valence-corrected chi connectivity index (χ2v) is 8.33. The lowest BCUT2D eigenvalue weighted by atomic mass is 9.96. The van der Waals surface area contributed by atoms with E-state index in [4.69, 9.17) is 4.74 Å². The molecule has 6 nitrogen and oxygen atoms in total. The highest BCUT2D eigenvalue weighted by Crippen LogP contribution is 2.26. The van der Waals surface area contributed by atoms with Gasteiger partial charge in [-0.3, -0.25) is 4.79 Å². The Hall–Kier alpha value is -2.76. The molecule has 2 aromatic carbocycles. The third-order valence-corrected chi connectivity index (χ3v) is 4.94. The van der Waals surface area contributed by atoms with Crippen molar-refractivity contribution in [2.75, 3.05) is 19.6 Å². The Morgan fingerprint density at radius 1 is 1.18 bits per heavy atom. The van der Waals surface area contributed by atoms with Crippen molar-refractivity contribution in [1.82, 2.24) is 10.2 Å². The maximum absolute atomic E-state index is 12.8.